The number of nitrogens with zero attached hydrogens (tertiary/aromatic N) is 2. The van der Waals surface area contributed by atoms with Crippen LogP contribution in [-0.2, 0) is 9.47 Å². The van der Waals surface area contributed by atoms with Crippen molar-refractivity contribution in [2.45, 2.75) is 37.9 Å². The number of allylic oxidation sites excluding steroid dienone is 1. The summed E-state index contributed by atoms with van der Waals surface area (Å²) in [7, 11) is 3.43. The minimum Gasteiger partial charge on any atom is -0.389 e. The first-order chi connectivity index (χ1) is 14.9. The number of hydrogen-bond donors (Lipinski definition) is 3. The molecule has 2 fully saturated rings. The van der Waals surface area contributed by atoms with E-state index in [9.17, 15) is 0 Å². The van der Waals surface area contributed by atoms with Crippen molar-refractivity contribution in [2.24, 2.45) is 23.1 Å². The van der Waals surface area contributed by atoms with E-state index in [2.05, 4.69) is 34.1 Å². The van der Waals surface area contributed by atoms with Gasteiger partial charge in [0.1, 0.15) is 11.0 Å². The van der Waals surface area contributed by atoms with E-state index >= 15 is 0 Å². The number of ether oxygens (including phenoxy) is 2. The lowest BCUT2D eigenvalue weighted by Crippen LogP contribution is -2.39. The Labute approximate surface area is 190 Å². The van der Waals surface area contributed by atoms with Crippen LogP contribution in [0, 0.1) is 5.92 Å². The molecule has 172 valence electrons. The van der Waals surface area contributed by atoms with Crippen LogP contribution in [0.15, 0.2) is 47.0 Å². The molecule has 0 amide bonds. The number of benzene rings is 1. The molecule has 1 aromatic rings. The molecule has 0 aliphatic carbocycles. The summed E-state index contributed by atoms with van der Waals surface area (Å²) in [5.41, 5.74) is 20.7. The van der Waals surface area contributed by atoms with E-state index in [1.807, 2.05) is 0 Å². The number of hydrogen-bond acceptors (Lipinski definition) is 7. The first kappa shape index (κ1) is 23.6. The van der Waals surface area contributed by atoms with Gasteiger partial charge in [-0.3, -0.25) is 0 Å². The second-order valence-corrected chi connectivity index (χ2v) is 8.85. The van der Waals surface area contributed by atoms with E-state index < -0.39 is 0 Å². The molecule has 2 saturated heterocycles. The summed E-state index contributed by atoms with van der Waals surface area (Å²) in [6.07, 6.45) is 5.87. The lowest BCUT2D eigenvalue weighted by molar-refractivity contribution is -0.141. The Kier molecular flexibility index (Phi) is 8.35. The molecule has 7 nitrogen and oxygen atoms in total. The molecule has 2 heterocycles. The Hall–Kier alpha value is -2.09. The standard InChI is InChI=1S/C23H36ClN5O2/c1-30-23(31-2)17-9-12-28(13-10-17)19-7-5-16(6-8-19)18-4-3-11-29(15-18)20(22(26)27)14-21(24)25/h5-8,14,17-18,23H,3-4,9-13,15,25-27H2,1-2H3/b21-14-. The van der Waals surface area contributed by atoms with Gasteiger partial charge in [-0.25, -0.2) is 0 Å². The van der Waals surface area contributed by atoms with Crippen molar-refractivity contribution in [1.29, 1.82) is 0 Å². The van der Waals surface area contributed by atoms with Crippen LogP contribution in [0.2, 0.25) is 0 Å². The number of rotatable bonds is 7. The zero-order valence-corrected chi connectivity index (χ0v) is 19.4. The van der Waals surface area contributed by atoms with Gasteiger partial charge in [-0.15, -0.1) is 0 Å². The van der Waals surface area contributed by atoms with Gasteiger partial charge >= 0.3 is 0 Å². The van der Waals surface area contributed by atoms with Crippen molar-refractivity contribution in [3.63, 3.8) is 0 Å². The van der Waals surface area contributed by atoms with Gasteiger partial charge in [0.05, 0.1) is 5.70 Å². The summed E-state index contributed by atoms with van der Waals surface area (Å²) in [5, 5.41) is 0.181. The van der Waals surface area contributed by atoms with Gasteiger partial charge < -0.3 is 36.5 Å². The zero-order valence-electron chi connectivity index (χ0n) is 18.6. The van der Waals surface area contributed by atoms with Gasteiger partial charge in [-0.2, -0.15) is 0 Å². The molecule has 0 saturated carbocycles. The fraction of sp³-hybridized carbons (Fsp3) is 0.565. The van der Waals surface area contributed by atoms with Gasteiger partial charge in [0.2, 0.25) is 0 Å². The molecule has 0 bridgehead atoms. The van der Waals surface area contributed by atoms with Crippen molar-refractivity contribution in [2.75, 3.05) is 45.3 Å². The minimum atomic E-state index is -0.107. The van der Waals surface area contributed by atoms with Gasteiger partial charge in [0.15, 0.2) is 6.29 Å². The van der Waals surface area contributed by atoms with Crippen molar-refractivity contribution in [1.82, 2.24) is 4.90 Å². The lowest BCUT2D eigenvalue weighted by Gasteiger charge is -2.37. The highest BCUT2D eigenvalue weighted by Gasteiger charge is 2.27. The fourth-order valence-electron chi connectivity index (χ4n) is 4.82. The van der Waals surface area contributed by atoms with Crippen molar-refractivity contribution < 1.29 is 9.47 Å². The average molecular weight is 450 g/mol. The Morgan fingerprint density at radius 3 is 2.23 bits per heavy atom. The second kappa shape index (κ2) is 11.0. The second-order valence-electron chi connectivity index (χ2n) is 8.41. The SMILES string of the molecule is COC(OC)C1CCN(c2ccc(C3CCCN(C(/C=C(\N)Cl)=C(N)N)C3)cc2)CC1. The number of methoxy groups -OCH3 is 2. The first-order valence-electron chi connectivity index (χ1n) is 11.0. The molecule has 6 N–H and O–H groups in total. The van der Waals surface area contributed by atoms with Crippen LogP contribution >= 0.6 is 11.6 Å². The van der Waals surface area contributed by atoms with Crippen LogP contribution in [0.25, 0.3) is 0 Å². The van der Waals surface area contributed by atoms with Crippen molar-refractivity contribution in [3.8, 4) is 0 Å². The van der Waals surface area contributed by atoms with E-state index in [1.54, 1.807) is 20.3 Å². The molecule has 1 aromatic carbocycles. The highest BCUT2D eigenvalue weighted by atomic mass is 35.5. The number of anilines is 1. The van der Waals surface area contributed by atoms with Gasteiger partial charge in [-0.05, 0) is 49.5 Å². The van der Waals surface area contributed by atoms with Crippen LogP contribution in [0.1, 0.15) is 37.2 Å². The average Bonchev–Trinajstić information content (AvgIpc) is 2.79. The molecular weight excluding hydrogens is 414 g/mol. The topological polar surface area (TPSA) is 103 Å². The molecule has 0 spiro atoms. The lowest BCUT2D eigenvalue weighted by atomic mass is 9.90. The summed E-state index contributed by atoms with van der Waals surface area (Å²) >= 11 is 5.87. The quantitative estimate of drug-likeness (QED) is 0.334. The molecule has 8 heteroatoms. The summed E-state index contributed by atoms with van der Waals surface area (Å²) in [5.74, 6) is 1.11. The molecule has 1 unspecified atom stereocenters. The molecule has 2 aliphatic heterocycles. The maximum Gasteiger partial charge on any atom is 0.159 e. The molecule has 3 rings (SSSR count). The summed E-state index contributed by atoms with van der Waals surface area (Å²) in [4.78, 5) is 4.62. The summed E-state index contributed by atoms with van der Waals surface area (Å²) in [6, 6.07) is 8.99. The minimum absolute atomic E-state index is 0.107. The Balaban J connectivity index is 1.63. The maximum absolute atomic E-state index is 5.88. The van der Waals surface area contributed by atoms with Crippen LogP contribution in [0.4, 0.5) is 5.69 Å². The predicted octanol–water partition coefficient (Wildman–Crippen LogP) is 2.83. The smallest absolute Gasteiger partial charge is 0.159 e. The number of halogens is 1. The third kappa shape index (κ3) is 5.99. The zero-order chi connectivity index (χ0) is 22.4. The Bertz CT molecular complexity index is 763. The van der Waals surface area contributed by atoms with E-state index in [4.69, 9.17) is 38.3 Å². The van der Waals surface area contributed by atoms with Crippen LogP contribution in [-0.4, -0.2) is 51.6 Å². The van der Waals surface area contributed by atoms with Crippen LogP contribution in [0.3, 0.4) is 0 Å². The summed E-state index contributed by atoms with van der Waals surface area (Å²) in [6.45, 7) is 3.76. The molecule has 1 atom stereocenters. The number of likely N-dealkylation sites (tertiary alicyclic amines) is 1. The van der Waals surface area contributed by atoms with E-state index in [-0.39, 0.29) is 17.3 Å². The van der Waals surface area contributed by atoms with Crippen LogP contribution < -0.4 is 22.1 Å². The van der Waals surface area contributed by atoms with Gasteiger partial charge in [-0.1, -0.05) is 23.7 Å². The maximum atomic E-state index is 5.88. The number of nitrogens with two attached hydrogens (primary N) is 3. The Morgan fingerprint density at radius 2 is 1.68 bits per heavy atom. The van der Waals surface area contributed by atoms with E-state index in [0.717, 1.165) is 51.9 Å². The van der Waals surface area contributed by atoms with Crippen LogP contribution in [0.5, 0.6) is 0 Å². The predicted molar refractivity (Wildman–Crippen MR) is 126 cm³/mol. The van der Waals surface area contributed by atoms with E-state index in [1.165, 1.54) is 11.3 Å². The largest absolute Gasteiger partial charge is 0.389 e. The third-order valence-electron chi connectivity index (χ3n) is 6.45. The molecule has 0 aromatic heterocycles. The Morgan fingerprint density at radius 1 is 1.03 bits per heavy atom. The highest BCUT2D eigenvalue weighted by Crippen LogP contribution is 2.32. The number of piperidine rings is 2. The summed E-state index contributed by atoms with van der Waals surface area (Å²) < 4.78 is 10.9. The molecular formula is C23H36ClN5O2. The molecule has 2 aliphatic rings. The van der Waals surface area contributed by atoms with E-state index in [0.29, 0.717) is 17.5 Å². The molecule has 31 heavy (non-hydrogen) atoms. The highest BCUT2D eigenvalue weighted by molar-refractivity contribution is 6.29. The first-order valence-corrected chi connectivity index (χ1v) is 11.3. The van der Waals surface area contributed by atoms with Crippen molar-refractivity contribution >= 4 is 17.3 Å². The monoisotopic (exact) mass is 449 g/mol. The van der Waals surface area contributed by atoms with Crippen molar-refractivity contribution in [3.05, 3.63) is 52.6 Å². The van der Waals surface area contributed by atoms with Gasteiger partial charge in [0.25, 0.3) is 0 Å². The van der Waals surface area contributed by atoms with Gasteiger partial charge in [0, 0.05) is 57.9 Å². The fourth-order valence-corrected chi connectivity index (χ4v) is 4.93. The normalized spacial score (nSPS) is 20.9. The third-order valence-corrected chi connectivity index (χ3v) is 6.56. The molecule has 0 radical (unpaired) electrons.